The third-order valence-electron chi connectivity index (χ3n) is 3.36. The first-order valence-electron chi connectivity index (χ1n) is 6.32. The second-order valence-electron chi connectivity index (χ2n) is 4.98. The third kappa shape index (κ3) is 3.37. The number of nitrogens with zero attached hydrogens (tertiary/aromatic N) is 1. The van der Waals surface area contributed by atoms with E-state index in [-0.39, 0.29) is 17.9 Å². The molecule has 2 aliphatic heterocycles. The Bertz CT molecular complexity index is 309. The summed E-state index contributed by atoms with van der Waals surface area (Å²) >= 11 is 1.69. The molecule has 5 heteroatoms. The molecule has 0 spiro atoms. The summed E-state index contributed by atoms with van der Waals surface area (Å²) in [7, 11) is 0. The van der Waals surface area contributed by atoms with E-state index in [0.717, 1.165) is 31.0 Å². The Kier molecular flexibility index (Phi) is 4.31. The summed E-state index contributed by atoms with van der Waals surface area (Å²) in [4.78, 5) is 25.7. The highest BCUT2D eigenvalue weighted by Gasteiger charge is 2.29. The topological polar surface area (TPSA) is 49.4 Å². The minimum absolute atomic E-state index is 0.0124. The first kappa shape index (κ1) is 12.7. The van der Waals surface area contributed by atoms with Gasteiger partial charge in [0.15, 0.2) is 0 Å². The van der Waals surface area contributed by atoms with E-state index in [2.05, 4.69) is 12.2 Å². The Hall–Kier alpha value is -0.710. The van der Waals surface area contributed by atoms with Gasteiger partial charge >= 0.3 is 0 Å². The largest absolute Gasteiger partial charge is 0.343 e. The van der Waals surface area contributed by atoms with E-state index in [0.29, 0.717) is 12.3 Å². The van der Waals surface area contributed by atoms with Gasteiger partial charge in [0.25, 0.3) is 0 Å². The van der Waals surface area contributed by atoms with Gasteiger partial charge in [0.2, 0.25) is 11.8 Å². The monoisotopic (exact) mass is 256 g/mol. The number of amides is 2. The van der Waals surface area contributed by atoms with Gasteiger partial charge in [-0.25, -0.2) is 0 Å². The minimum Gasteiger partial charge on any atom is -0.343 e. The molecule has 96 valence electrons. The summed E-state index contributed by atoms with van der Waals surface area (Å²) in [6, 6.07) is -0.305. The molecule has 0 aromatic heterocycles. The van der Waals surface area contributed by atoms with Crippen LogP contribution in [0, 0.1) is 5.92 Å². The van der Waals surface area contributed by atoms with Gasteiger partial charge < -0.3 is 10.2 Å². The molecule has 2 heterocycles. The Labute approximate surface area is 106 Å². The molecule has 2 atom stereocenters. The summed E-state index contributed by atoms with van der Waals surface area (Å²) in [5, 5.41) is 2.84. The van der Waals surface area contributed by atoms with Gasteiger partial charge in [0.05, 0.1) is 0 Å². The van der Waals surface area contributed by atoms with Crippen molar-refractivity contribution in [3.05, 3.63) is 0 Å². The second kappa shape index (κ2) is 5.76. The maximum atomic E-state index is 12.3. The van der Waals surface area contributed by atoms with E-state index in [1.807, 2.05) is 4.90 Å². The smallest absolute Gasteiger partial charge is 0.246 e. The Morgan fingerprint density at radius 2 is 2.35 bits per heavy atom. The number of rotatable bonds is 1. The van der Waals surface area contributed by atoms with Crippen molar-refractivity contribution in [1.82, 2.24) is 10.2 Å². The average Bonchev–Trinajstić information content (AvgIpc) is 2.53. The van der Waals surface area contributed by atoms with Crippen molar-refractivity contribution in [2.45, 2.75) is 32.2 Å². The van der Waals surface area contributed by atoms with Crippen LogP contribution in [0.3, 0.4) is 0 Å². The second-order valence-corrected chi connectivity index (χ2v) is 6.13. The van der Waals surface area contributed by atoms with E-state index in [9.17, 15) is 9.59 Å². The number of piperidine rings is 1. The van der Waals surface area contributed by atoms with Crippen molar-refractivity contribution >= 4 is 23.6 Å². The predicted molar refractivity (Wildman–Crippen MR) is 68.9 cm³/mol. The van der Waals surface area contributed by atoms with Gasteiger partial charge in [-0.1, -0.05) is 6.92 Å². The zero-order valence-electron chi connectivity index (χ0n) is 10.3. The lowest BCUT2D eigenvalue weighted by atomic mass is 10.00. The predicted octanol–water partition coefficient (Wildman–Crippen LogP) is 0.867. The molecule has 1 N–H and O–H groups in total. The summed E-state index contributed by atoms with van der Waals surface area (Å²) in [6.45, 7) is 3.87. The van der Waals surface area contributed by atoms with Gasteiger partial charge in [-0.3, -0.25) is 9.59 Å². The zero-order chi connectivity index (χ0) is 12.3. The number of nitrogens with one attached hydrogen (secondary N) is 1. The quantitative estimate of drug-likeness (QED) is 0.757. The van der Waals surface area contributed by atoms with Crippen molar-refractivity contribution in [1.29, 1.82) is 0 Å². The number of carbonyl (C=O) groups is 2. The highest BCUT2D eigenvalue weighted by atomic mass is 32.2. The lowest BCUT2D eigenvalue weighted by Gasteiger charge is -2.33. The van der Waals surface area contributed by atoms with E-state index < -0.39 is 0 Å². The summed E-state index contributed by atoms with van der Waals surface area (Å²) < 4.78 is 0. The van der Waals surface area contributed by atoms with Gasteiger partial charge in [-0.15, -0.1) is 0 Å². The highest BCUT2D eigenvalue weighted by Crippen LogP contribution is 2.18. The van der Waals surface area contributed by atoms with Crippen molar-refractivity contribution in [2.24, 2.45) is 5.92 Å². The summed E-state index contributed by atoms with van der Waals surface area (Å²) in [5.41, 5.74) is 0. The molecule has 0 aliphatic carbocycles. The Morgan fingerprint density at radius 1 is 1.53 bits per heavy atom. The molecule has 0 saturated carbocycles. The van der Waals surface area contributed by atoms with Gasteiger partial charge in [0.1, 0.15) is 6.04 Å². The molecule has 0 radical (unpaired) electrons. The fourth-order valence-electron chi connectivity index (χ4n) is 2.42. The molecule has 2 amide bonds. The van der Waals surface area contributed by atoms with Crippen molar-refractivity contribution in [2.75, 3.05) is 24.6 Å². The lowest BCUT2D eigenvalue weighted by Crippen LogP contribution is -2.51. The van der Waals surface area contributed by atoms with Crippen molar-refractivity contribution < 1.29 is 9.59 Å². The van der Waals surface area contributed by atoms with E-state index in [1.165, 1.54) is 6.42 Å². The molecule has 0 aromatic carbocycles. The zero-order valence-corrected chi connectivity index (χ0v) is 11.1. The maximum absolute atomic E-state index is 12.3. The summed E-state index contributed by atoms with van der Waals surface area (Å²) in [5.74, 6) is 2.25. The first-order chi connectivity index (χ1) is 8.16. The molecule has 4 nitrogen and oxygen atoms in total. The van der Waals surface area contributed by atoms with Crippen LogP contribution < -0.4 is 5.32 Å². The Morgan fingerprint density at radius 3 is 3.12 bits per heavy atom. The van der Waals surface area contributed by atoms with Gasteiger partial charge in [0, 0.05) is 31.0 Å². The number of likely N-dealkylation sites (tertiary alicyclic amines) is 1. The number of hydrogen-bond acceptors (Lipinski definition) is 3. The first-order valence-corrected chi connectivity index (χ1v) is 7.48. The molecule has 2 saturated heterocycles. The third-order valence-corrected chi connectivity index (χ3v) is 4.42. The van der Waals surface area contributed by atoms with Crippen LogP contribution in [0.15, 0.2) is 0 Å². The van der Waals surface area contributed by atoms with E-state index >= 15 is 0 Å². The Balaban J connectivity index is 1.95. The van der Waals surface area contributed by atoms with Crippen LogP contribution in [0.25, 0.3) is 0 Å². The average molecular weight is 256 g/mol. The number of carbonyl (C=O) groups excluding carboxylic acids is 2. The molecule has 2 fully saturated rings. The van der Waals surface area contributed by atoms with Gasteiger partial charge in [-0.2, -0.15) is 11.8 Å². The fourth-order valence-corrected chi connectivity index (χ4v) is 3.38. The minimum atomic E-state index is -0.305. The summed E-state index contributed by atoms with van der Waals surface area (Å²) in [6.07, 6.45) is 2.82. The number of thioether (sulfide) groups is 1. The van der Waals surface area contributed by atoms with Crippen molar-refractivity contribution in [3.8, 4) is 0 Å². The highest BCUT2D eigenvalue weighted by molar-refractivity contribution is 7.99. The molecular formula is C12H20N2O2S. The van der Waals surface area contributed by atoms with Crippen LogP contribution >= 0.6 is 11.8 Å². The molecule has 2 rings (SSSR count). The molecule has 2 aliphatic rings. The number of hydrogen-bond donors (Lipinski definition) is 1. The molecule has 2 unspecified atom stereocenters. The molecule has 17 heavy (non-hydrogen) atoms. The molecule has 0 aromatic rings. The van der Waals surface area contributed by atoms with Crippen molar-refractivity contribution in [3.63, 3.8) is 0 Å². The maximum Gasteiger partial charge on any atom is 0.246 e. The molecular weight excluding hydrogens is 236 g/mol. The van der Waals surface area contributed by atoms with E-state index in [1.54, 1.807) is 11.8 Å². The lowest BCUT2D eigenvalue weighted by molar-refractivity contribution is -0.137. The van der Waals surface area contributed by atoms with Crippen LogP contribution in [0.2, 0.25) is 0 Å². The molecule has 0 bridgehead atoms. The van der Waals surface area contributed by atoms with Crippen LogP contribution in [0.4, 0.5) is 0 Å². The standard InChI is InChI=1S/C12H20N2O2S/c1-9-3-2-5-14(7-9)12(16)10-8-17-6-4-11(15)13-10/h9-10H,2-8H2,1H3,(H,13,15). The van der Waals surface area contributed by atoms with Crippen LogP contribution in [0.5, 0.6) is 0 Å². The fraction of sp³-hybridized carbons (Fsp3) is 0.833. The van der Waals surface area contributed by atoms with Gasteiger partial charge in [-0.05, 0) is 18.8 Å². The van der Waals surface area contributed by atoms with Crippen LogP contribution in [-0.4, -0.2) is 47.4 Å². The SMILES string of the molecule is CC1CCCN(C(=O)C2CSCCC(=O)N2)C1. The van der Waals surface area contributed by atoms with E-state index in [4.69, 9.17) is 0 Å². The normalized spacial score (nSPS) is 30.6. The van der Waals surface area contributed by atoms with Crippen LogP contribution in [-0.2, 0) is 9.59 Å². The van der Waals surface area contributed by atoms with Crippen LogP contribution in [0.1, 0.15) is 26.2 Å².